The van der Waals surface area contributed by atoms with E-state index in [2.05, 4.69) is 243 Å². The van der Waals surface area contributed by atoms with Crippen LogP contribution in [0.25, 0.3) is 72.4 Å². The molecule has 9 aromatic carbocycles. The number of fused-ring (bicyclic) bond motifs is 3. The first-order chi connectivity index (χ1) is 29.8. The molecule has 0 aromatic heterocycles. The summed E-state index contributed by atoms with van der Waals surface area (Å²) in [5.74, 6) is 0. The average Bonchev–Trinajstić information content (AvgIpc) is 3.85. The van der Waals surface area contributed by atoms with Gasteiger partial charge in [-0.05, 0) is 130 Å². The molecule has 280 valence electrons. The number of hydrogen-bond donors (Lipinski definition) is 0. The third kappa shape index (κ3) is 6.18. The minimum atomic E-state index is 1.19. The van der Waals surface area contributed by atoms with Crippen LogP contribution in [0.15, 0.2) is 248 Å². The molecule has 0 saturated heterocycles. The van der Waals surface area contributed by atoms with Crippen molar-refractivity contribution in [3.63, 3.8) is 0 Å². The smallest absolute Gasteiger partial charge is 0.000137 e. The zero-order valence-electron chi connectivity index (χ0n) is 33.1. The number of benzene rings is 9. The van der Waals surface area contributed by atoms with E-state index in [0.29, 0.717) is 0 Å². The summed E-state index contributed by atoms with van der Waals surface area (Å²) in [4.78, 5) is 0. The molecule has 0 radical (unpaired) electrons. The molecule has 0 fully saturated rings. The lowest BCUT2D eigenvalue weighted by Gasteiger charge is -2.19. The number of rotatable bonds is 8. The first kappa shape index (κ1) is 35.4. The van der Waals surface area contributed by atoms with Gasteiger partial charge in [-0.2, -0.15) is 0 Å². The molecule has 0 nitrogen and oxygen atoms in total. The predicted octanol–water partition coefficient (Wildman–Crippen LogP) is 15.7. The van der Waals surface area contributed by atoms with E-state index in [-0.39, 0.29) is 0 Å². The van der Waals surface area contributed by atoms with Gasteiger partial charge < -0.3 is 0 Å². The lowest BCUT2D eigenvalue weighted by atomic mass is 9.84. The van der Waals surface area contributed by atoms with E-state index in [9.17, 15) is 0 Å². The summed E-state index contributed by atoms with van der Waals surface area (Å²) in [5, 5.41) is 0. The number of allylic oxidation sites excluding steroid dienone is 5. The van der Waals surface area contributed by atoms with Crippen LogP contribution in [-0.4, -0.2) is 0 Å². The zero-order valence-corrected chi connectivity index (χ0v) is 33.1. The second-order valence-electron chi connectivity index (χ2n) is 15.5. The first-order valence-corrected chi connectivity index (χ1v) is 20.8. The molecule has 2 aliphatic carbocycles. The van der Waals surface area contributed by atoms with Gasteiger partial charge in [-0.15, -0.1) is 0 Å². The normalized spacial score (nSPS) is 13.1. The van der Waals surface area contributed by atoms with Gasteiger partial charge in [0.15, 0.2) is 0 Å². The van der Waals surface area contributed by atoms with E-state index < -0.39 is 0 Å². The molecular weight excluding hydrogens is 721 g/mol. The minimum Gasteiger partial charge on any atom is -0.0622 e. The maximum absolute atomic E-state index is 2.49. The highest BCUT2D eigenvalue weighted by Gasteiger charge is 2.40. The van der Waals surface area contributed by atoms with Crippen LogP contribution in [0.3, 0.4) is 0 Å². The third-order valence-electron chi connectivity index (χ3n) is 12.0. The molecule has 0 amide bonds. The Kier molecular flexibility index (Phi) is 8.95. The Hall–Kier alpha value is -7.80. The van der Waals surface area contributed by atoms with Gasteiger partial charge in [-0.25, -0.2) is 0 Å². The Labute approximate surface area is 352 Å². The molecular formula is C60H40. The summed E-state index contributed by atoms with van der Waals surface area (Å²) in [5.41, 5.74) is 24.7. The molecule has 0 aliphatic heterocycles. The van der Waals surface area contributed by atoms with Crippen molar-refractivity contribution in [1.29, 1.82) is 0 Å². The van der Waals surface area contributed by atoms with Crippen LogP contribution in [0.1, 0.15) is 33.4 Å². The van der Waals surface area contributed by atoms with Crippen LogP contribution < -0.4 is 0 Å². The van der Waals surface area contributed by atoms with Crippen LogP contribution in [0.2, 0.25) is 0 Å². The quantitative estimate of drug-likeness (QED) is 0.145. The van der Waals surface area contributed by atoms with Gasteiger partial charge in [-0.1, -0.05) is 224 Å². The summed E-state index contributed by atoms with van der Waals surface area (Å²) in [6, 6.07) is 88.7. The van der Waals surface area contributed by atoms with E-state index >= 15 is 0 Å². The molecule has 0 saturated carbocycles. The predicted molar refractivity (Wildman–Crippen MR) is 254 cm³/mol. The second kappa shape index (κ2) is 15.2. The molecule has 0 heteroatoms. The van der Waals surface area contributed by atoms with Gasteiger partial charge in [0.25, 0.3) is 0 Å². The molecule has 0 N–H and O–H groups in total. The Morgan fingerprint density at radius 1 is 0.133 bits per heavy atom. The molecule has 11 rings (SSSR count). The van der Waals surface area contributed by atoms with Crippen molar-refractivity contribution in [2.24, 2.45) is 0 Å². The topological polar surface area (TPSA) is 0 Å². The highest BCUT2D eigenvalue weighted by molar-refractivity contribution is 6.39. The number of hydrogen-bond acceptors (Lipinski definition) is 0. The summed E-state index contributed by atoms with van der Waals surface area (Å²) in [7, 11) is 0. The standard InChI is InChI=1S/C60H40/c1-7-20-41(21-8-1)42-34-36-43(37-35-42)49-32-19-33-50(38-49)58-56(47-28-15-5-16-29-47)57(48-30-17-6-18-31-48)60-55(46-26-13-4-14-27-46)53-39-51(44-22-9-2-10-23-44)52(40-54(53)59(58)60)45-24-11-3-12-25-45/h1-40H. The molecule has 0 heterocycles. The van der Waals surface area contributed by atoms with Crippen molar-refractivity contribution >= 4 is 27.9 Å². The van der Waals surface area contributed by atoms with Crippen molar-refractivity contribution in [2.75, 3.05) is 0 Å². The summed E-state index contributed by atoms with van der Waals surface area (Å²) >= 11 is 0. The second-order valence-corrected chi connectivity index (χ2v) is 15.5. The molecule has 0 unspecified atom stereocenters. The van der Waals surface area contributed by atoms with Crippen molar-refractivity contribution < 1.29 is 0 Å². The van der Waals surface area contributed by atoms with Gasteiger partial charge in [-0.3, -0.25) is 0 Å². The third-order valence-corrected chi connectivity index (χ3v) is 12.0. The monoisotopic (exact) mass is 760 g/mol. The van der Waals surface area contributed by atoms with Crippen LogP contribution in [0, 0.1) is 0 Å². The molecule has 0 bridgehead atoms. The Morgan fingerprint density at radius 3 is 0.900 bits per heavy atom. The summed E-state index contributed by atoms with van der Waals surface area (Å²) in [6.45, 7) is 0. The van der Waals surface area contributed by atoms with Crippen LogP contribution in [-0.2, 0) is 0 Å². The van der Waals surface area contributed by atoms with E-state index in [4.69, 9.17) is 0 Å². The Balaban J connectivity index is 1.24. The van der Waals surface area contributed by atoms with Crippen LogP contribution >= 0.6 is 0 Å². The van der Waals surface area contributed by atoms with Gasteiger partial charge >= 0.3 is 0 Å². The highest BCUT2D eigenvalue weighted by Crippen LogP contribution is 2.62. The molecule has 0 spiro atoms. The molecule has 0 atom stereocenters. The van der Waals surface area contributed by atoms with Crippen molar-refractivity contribution in [3.8, 4) is 44.5 Å². The lowest BCUT2D eigenvalue weighted by molar-refractivity contribution is 1.51. The summed E-state index contributed by atoms with van der Waals surface area (Å²) < 4.78 is 0. The largest absolute Gasteiger partial charge is 0.0622 e. The van der Waals surface area contributed by atoms with Crippen molar-refractivity contribution in [3.05, 3.63) is 282 Å². The van der Waals surface area contributed by atoms with Crippen molar-refractivity contribution in [2.45, 2.75) is 0 Å². The van der Waals surface area contributed by atoms with Gasteiger partial charge in [0, 0.05) is 0 Å². The lowest BCUT2D eigenvalue weighted by Crippen LogP contribution is -1.97. The van der Waals surface area contributed by atoms with Crippen LogP contribution in [0.4, 0.5) is 0 Å². The van der Waals surface area contributed by atoms with Gasteiger partial charge in [0.05, 0.1) is 0 Å². The maximum Gasteiger partial charge on any atom is -0.000137 e. The minimum absolute atomic E-state index is 1.19. The fourth-order valence-electron chi connectivity index (χ4n) is 9.33. The van der Waals surface area contributed by atoms with E-state index in [1.807, 2.05) is 0 Å². The Morgan fingerprint density at radius 2 is 0.433 bits per heavy atom. The zero-order chi connectivity index (χ0) is 39.8. The van der Waals surface area contributed by atoms with Gasteiger partial charge in [0.2, 0.25) is 0 Å². The average molecular weight is 761 g/mol. The molecule has 2 aliphatic rings. The fourth-order valence-corrected chi connectivity index (χ4v) is 9.33. The van der Waals surface area contributed by atoms with Gasteiger partial charge in [0.1, 0.15) is 0 Å². The summed E-state index contributed by atoms with van der Waals surface area (Å²) in [6.07, 6.45) is 0. The SMILES string of the molecule is c1ccc(C2=C(c3ccccc3)C(c3cccc(-c4ccc(-c5ccccc5)cc4)c3)=C3C2=C(c2ccccc2)c2cc(-c4ccccc4)c(-c4ccccc4)cc23)cc1. The molecule has 9 aromatic rings. The van der Waals surface area contributed by atoms with E-state index in [1.165, 1.54) is 111 Å². The fraction of sp³-hybridized carbons (Fsp3) is 0. The first-order valence-electron chi connectivity index (χ1n) is 20.8. The highest BCUT2D eigenvalue weighted by atomic mass is 14.4. The molecule has 60 heavy (non-hydrogen) atoms. The maximum atomic E-state index is 2.49. The van der Waals surface area contributed by atoms with Crippen LogP contribution in [0.5, 0.6) is 0 Å². The Bertz CT molecular complexity index is 3100. The van der Waals surface area contributed by atoms with Crippen molar-refractivity contribution in [1.82, 2.24) is 0 Å². The van der Waals surface area contributed by atoms with E-state index in [1.54, 1.807) is 0 Å². The van der Waals surface area contributed by atoms with E-state index in [0.717, 1.165) is 0 Å².